The number of amides is 2. The Kier molecular flexibility index (Phi) is 5.50. The van der Waals surface area contributed by atoms with Crippen LogP contribution in [0.2, 0.25) is 0 Å². The summed E-state index contributed by atoms with van der Waals surface area (Å²) in [6.07, 6.45) is 0. The molecule has 2 N–H and O–H groups in total. The standard InChI is InChI=1S/C26H15FN4O5/c27-15-6-8-16(9-7-15)31-24(33)17-10-5-14(11-18(17)25(31)34)26(35)36-13-22(32)19(12-28)23-29-20-3-1-2-4-21(20)30-23/h1-11,32H,13H2,(H,29,30)/b22-19+. The number of H-pyrrole nitrogens is 1. The number of rotatable bonds is 5. The molecule has 1 aliphatic heterocycles. The maximum Gasteiger partial charge on any atom is 0.338 e. The fourth-order valence-corrected chi connectivity index (χ4v) is 3.81. The minimum Gasteiger partial charge on any atom is -0.507 e. The first-order valence-corrected chi connectivity index (χ1v) is 10.6. The molecule has 0 unspecified atom stereocenters. The van der Waals surface area contributed by atoms with Crippen molar-refractivity contribution in [3.8, 4) is 6.07 Å². The highest BCUT2D eigenvalue weighted by molar-refractivity contribution is 6.34. The van der Waals surface area contributed by atoms with Gasteiger partial charge in [-0.1, -0.05) is 12.1 Å². The van der Waals surface area contributed by atoms with Crippen LogP contribution in [-0.2, 0) is 4.74 Å². The highest BCUT2D eigenvalue weighted by Gasteiger charge is 2.37. The van der Waals surface area contributed by atoms with Crippen LogP contribution in [0.15, 0.2) is 72.5 Å². The second-order valence-corrected chi connectivity index (χ2v) is 7.79. The Balaban J connectivity index is 1.35. The molecule has 10 heteroatoms. The van der Waals surface area contributed by atoms with Gasteiger partial charge in [-0.3, -0.25) is 9.59 Å². The van der Waals surface area contributed by atoms with Crippen LogP contribution < -0.4 is 4.90 Å². The smallest absolute Gasteiger partial charge is 0.338 e. The number of nitrogens with one attached hydrogen (secondary N) is 1. The lowest BCUT2D eigenvalue weighted by Gasteiger charge is -2.13. The fourth-order valence-electron chi connectivity index (χ4n) is 3.81. The summed E-state index contributed by atoms with van der Waals surface area (Å²) in [6, 6.07) is 17.6. The normalized spacial score (nSPS) is 13.4. The Morgan fingerprint density at radius 2 is 1.78 bits per heavy atom. The van der Waals surface area contributed by atoms with Gasteiger partial charge in [-0.05, 0) is 54.6 Å². The van der Waals surface area contributed by atoms with E-state index < -0.39 is 36.0 Å². The van der Waals surface area contributed by atoms with E-state index in [0.29, 0.717) is 11.0 Å². The zero-order chi connectivity index (χ0) is 25.4. The molecule has 176 valence electrons. The number of aliphatic hydroxyl groups excluding tert-OH is 1. The van der Waals surface area contributed by atoms with E-state index >= 15 is 0 Å². The summed E-state index contributed by atoms with van der Waals surface area (Å²) in [5.74, 6) is -3.07. The molecular weight excluding hydrogens is 467 g/mol. The zero-order valence-electron chi connectivity index (χ0n) is 18.4. The van der Waals surface area contributed by atoms with Gasteiger partial charge in [0.1, 0.15) is 24.1 Å². The van der Waals surface area contributed by atoms with Crippen LogP contribution in [0.1, 0.15) is 36.9 Å². The molecule has 9 nitrogen and oxygen atoms in total. The van der Waals surface area contributed by atoms with E-state index in [2.05, 4.69) is 9.97 Å². The summed E-state index contributed by atoms with van der Waals surface area (Å²) in [5, 5.41) is 19.9. The van der Waals surface area contributed by atoms with Gasteiger partial charge in [0.05, 0.1) is 33.4 Å². The van der Waals surface area contributed by atoms with Crippen molar-refractivity contribution in [2.45, 2.75) is 0 Å². The number of anilines is 1. The van der Waals surface area contributed by atoms with E-state index in [-0.39, 0.29) is 33.8 Å². The number of imidazole rings is 1. The molecule has 36 heavy (non-hydrogen) atoms. The third kappa shape index (κ3) is 3.84. The van der Waals surface area contributed by atoms with Crippen LogP contribution in [-0.4, -0.2) is 39.5 Å². The number of hydrogen-bond donors (Lipinski definition) is 2. The molecule has 2 amide bonds. The summed E-state index contributed by atoms with van der Waals surface area (Å²) in [6.45, 7) is -0.621. The number of carbonyl (C=O) groups excluding carboxylic acids is 3. The Hall–Kier alpha value is -5.30. The van der Waals surface area contributed by atoms with Gasteiger partial charge in [-0.25, -0.2) is 19.1 Å². The van der Waals surface area contributed by atoms with E-state index in [9.17, 15) is 29.1 Å². The quantitative estimate of drug-likeness (QED) is 0.189. The number of halogens is 1. The lowest BCUT2D eigenvalue weighted by Crippen LogP contribution is -2.29. The molecule has 0 spiro atoms. The molecule has 0 radical (unpaired) electrons. The van der Waals surface area contributed by atoms with E-state index in [1.807, 2.05) is 6.07 Å². The van der Waals surface area contributed by atoms with Crippen LogP contribution >= 0.6 is 0 Å². The van der Waals surface area contributed by atoms with Crippen LogP contribution in [0.4, 0.5) is 10.1 Å². The highest BCUT2D eigenvalue weighted by atomic mass is 19.1. The number of allylic oxidation sites excluding steroid dienone is 1. The van der Waals surface area contributed by atoms with Gasteiger partial charge in [0.2, 0.25) is 0 Å². The summed E-state index contributed by atoms with van der Waals surface area (Å²) < 4.78 is 18.4. The van der Waals surface area contributed by atoms with Crippen molar-refractivity contribution < 1.29 is 28.6 Å². The van der Waals surface area contributed by atoms with E-state index in [0.717, 1.165) is 17.0 Å². The van der Waals surface area contributed by atoms with Crippen LogP contribution in [0, 0.1) is 17.1 Å². The maximum atomic E-state index is 13.2. The van der Waals surface area contributed by atoms with Crippen molar-refractivity contribution in [3.05, 3.63) is 101 Å². The van der Waals surface area contributed by atoms with Crippen molar-refractivity contribution in [3.63, 3.8) is 0 Å². The third-order valence-corrected chi connectivity index (χ3v) is 5.57. The lowest BCUT2D eigenvalue weighted by atomic mass is 10.1. The molecule has 0 saturated carbocycles. The molecule has 1 aromatic heterocycles. The maximum absolute atomic E-state index is 13.2. The predicted molar refractivity (Wildman–Crippen MR) is 126 cm³/mol. The summed E-state index contributed by atoms with van der Waals surface area (Å²) in [5.41, 5.74) is 1.29. The number of nitriles is 1. The minimum atomic E-state index is -0.883. The van der Waals surface area contributed by atoms with Gasteiger partial charge in [0.15, 0.2) is 11.6 Å². The predicted octanol–water partition coefficient (Wildman–Crippen LogP) is 4.15. The number of benzene rings is 3. The second-order valence-electron chi connectivity index (χ2n) is 7.79. The number of aromatic amines is 1. The zero-order valence-corrected chi connectivity index (χ0v) is 18.4. The number of aromatic nitrogens is 2. The van der Waals surface area contributed by atoms with Crippen molar-refractivity contribution in [1.82, 2.24) is 9.97 Å². The number of aliphatic hydroxyl groups is 1. The fraction of sp³-hybridized carbons (Fsp3) is 0.0385. The number of imide groups is 1. The molecule has 2 heterocycles. The SMILES string of the molecule is N#C/C(=C(\O)COC(=O)c1ccc2c(c1)C(=O)N(c1ccc(F)cc1)C2=O)c1nc2ccccc2[nH]1. The first-order valence-electron chi connectivity index (χ1n) is 10.6. The molecule has 4 aromatic rings. The Morgan fingerprint density at radius 1 is 1.06 bits per heavy atom. The van der Waals surface area contributed by atoms with E-state index in [1.54, 1.807) is 24.3 Å². The number of nitrogens with zero attached hydrogens (tertiary/aromatic N) is 3. The summed E-state index contributed by atoms with van der Waals surface area (Å²) >= 11 is 0. The van der Waals surface area contributed by atoms with Crippen molar-refractivity contribution in [2.75, 3.05) is 11.5 Å². The van der Waals surface area contributed by atoms with Crippen molar-refractivity contribution in [2.24, 2.45) is 0 Å². The molecule has 1 aliphatic rings. The monoisotopic (exact) mass is 482 g/mol. The largest absolute Gasteiger partial charge is 0.507 e. The number of fused-ring (bicyclic) bond motifs is 2. The molecule has 0 saturated heterocycles. The average Bonchev–Trinajstić information content (AvgIpc) is 3.42. The molecule has 0 aliphatic carbocycles. The first kappa shape index (κ1) is 22.5. The molecule has 0 atom stereocenters. The van der Waals surface area contributed by atoms with Gasteiger partial charge in [-0.15, -0.1) is 0 Å². The van der Waals surface area contributed by atoms with Gasteiger partial charge in [-0.2, -0.15) is 5.26 Å². The van der Waals surface area contributed by atoms with Gasteiger partial charge in [0.25, 0.3) is 11.8 Å². The van der Waals surface area contributed by atoms with Crippen molar-refractivity contribution >= 4 is 40.1 Å². The van der Waals surface area contributed by atoms with Crippen molar-refractivity contribution in [1.29, 1.82) is 5.26 Å². The van der Waals surface area contributed by atoms with E-state index in [1.165, 1.54) is 30.3 Å². The minimum absolute atomic E-state index is 0.0153. The molecule has 0 bridgehead atoms. The summed E-state index contributed by atoms with van der Waals surface area (Å²) in [7, 11) is 0. The van der Waals surface area contributed by atoms with E-state index in [4.69, 9.17) is 4.74 Å². The summed E-state index contributed by atoms with van der Waals surface area (Å²) in [4.78, 5) is 46.2. The van der Waals surface area contributed by atoms with Gasteiger partial charge < -0.3 is 14.8 Å². The second kappa shape index (κ2) is 8.81. The molecule has 0 fully saturated rings. The number of carbonyl (C=O) groups is 3. The molecule has 3 aromatic carbocycles. The van der Waals surface area contributed by atoms with Gasteiger partial charge in [0, 0.05) is 0 Å². The van der Waals surface area contributed by atoms with Crippen LogP contribution in [0.5, 0.6) is 0 Å². The molecular formula is C26H15FN4O5. The topological polar surface area (TPSA) is 136 Å². The third-order valence-electron chi connectivity index (χ3n) is 5.57. The molecule has 5 rings (SSSR count). The Labute approximate surface area is 202 Å². The van der Waals surface area contributed by atoms with Crippen LogP contribution in [0.25, 0.3) is 16.6 Å². The van der Waals surface area contributed by atoms with Crippen LogP contribution in [0.3, 0.4) is 0 Å². The number of hydrogen-bond acceptors (Lipinski definition) is 7. The lowest BCUT2D eigenvalue weighted by molar-refractivity contribution is 0.0502. The number of ether oxygens (including phenoxy) is 1. The Morgan fingerprint density at radius 3 is 2.50 bits per heavy atom. The van der Waals surface area contributed by atoms with Gasteiger partial charge >= 0.3 is 5.97 Å². The highest BCUT2D eigenvalue weighted by Crippen LogP contribution is 2.29. The Bertz CT molecular complexity index is 1600. The average molecular weight is 482 g/mol. The number of para-hydroxylation sites is 2. The number of esters is 1. The first-order chi connectivity index (χ1) is 17.4.